The number of nitrogens with zero attached hydrogens (tertiary/aromatic N) is 1. The van der Waals surface area contributed by atoms with E-state index in [1.807, 2.05) is 12.1 Å². The van der Waals surface area contributed by atoms with Gasteiger partial charge in [-0.2, -0.15) is 0 Å². The van der Waals surface area contributed by atoms with Gasteiger partial charge in [-0.25, -0.2) is 0 Å². The van der Waals surface area contributed by atoms with Gasteiger partial charge < -0.3 is 15.1 Å². The molecule has 1 atom stereocenters. The van der Waals surface area contributed by atoms with Crippen molar-refractivity contribution in [3.8, 4) is 0 Å². The van der Waals surface area contributed by atoms with Gasteiger partial charge in [0.1, 0.15) is 5.76 Å². The predicted octanol–water partition coefficient (Wildman–Crippen LogP) is 3.12. The molecule has 0 amide bonds. The molecule has 128 valence electrons. The van der Waals surface area contributed by atoms with Crippen LogP contribution in [0.5, 0.6) is 0 Å². The lowest BCUT2D eigenvalue weighted by molar-refractivity contribution is 0.215. The number of likely N-dealkylation sites (tertiary alicyclic amines) is 1. The second kappa shape index (κ2) is 8.85. The molecule has 0 spiro atoms. The molecule has 2 N–H and O–H groups in total. The molecule has 1 aromatic carbocycles. The van der Waals surface area contributed by atoms with Crippen LogP contribution in [0.2, 0.25) is 0 Å². The van der Waals surface area contributed by atoms with E-state index in [-0.39, 0.29) is 6.04 Å². The first-order valence-electron chi connectivity index (χ1n) is 8.66. The van der Waals surface area contributed by atoms with Crippen molar-refractivity contribution in [2.75, 3.05) is 26.2 Å². The van der Waals surface area contributed by atoms with Crippen molar-refractivity contribution in [3.63, 3.8) is 0 Å². The summed E-state index contributed by atoms with van der Waals surface area (Å²) >= 11 is 5.42. The van der Waals surface area contributed by atoms with Gasteiger partial charge in [0.25, 0.3) is 0 Å². The Balaban J connectivity index is 1.44. The van der Waals surface area contributed by atoms with Crippen LogP contribution < -0.4 is 10.6 Å². The van der Waals surface area contributed by atoms with E-state index in [0.717, 1.165) is 38.4 Å². The van der Waals surface area contributed by atoms with Gasteiger partial charge in [-0.15, -0.1) is 0 Å². The van der Waals surface area contributed by atoms with E-state index < -0.39 is 0 Å². The fourth-order valence-corrected chi connectivity index (χ4v) is 3.35. The summed E-state index contributed by atoms with van der Waals surface area (Å²) in [5.41, 5.74) is 1.32. The maximum absolute atomic E-state index is 5.63. The molecule has 1 fully saturated rings. The molecular weight excluding hydrogens is 318 g/mol. The van der Waals surface area contributed by atoms with E-state index >= 15 is 0 Å². The molecule has 1 aromatic heterocycles. The van der Waals surface area contributed by atoms with E-state index in [9.17, 15) is 0 Å². The number of hydrogen-bond acceptors (Lipinski definition) is 3. The molecule has 24 heavy (non-hydrogen) atoms. The number of furan rings is 1. The number of nitrogens with one attached hydrogen (secondary N) is 2. The zero-order valence-electron chi connectivity index (χ0n) is 13.9. The van der Waals surface area contributed by atoms with Gasteiger partial charge in [-0.1, -0.05) is 30.3 Å². The van der Waals surface area contributed by atoms with Crippen molar-refractivity contribution in [3.05, 3.63) is 60.1 Å². The highest BCUT2D eigenvalue weighted by atomic mass is 32.1. The fraction of sp³-hybridized carbons (Fsp3) is 0.421. The SMILES string of the molecule is S=C(NCCc1ccccc1)NCC(c1ccco1)N1CCCC1. The minimum absolute atomic E-state index is 0.247. The van der Waals surface area contributed by atoms with Crippen molar-refractivity contribution in [1.82, 2.24) is 15.5 Å². The molecule has 1 aliphatic rings. The van der Waals surface area contributed by atoms with Gasteiger partial charge in [-0.05, 0) is 62.3 Å². The van der Waals surface area contributed by atoms with E-state index in [4.69, 9.17) is 16.6 Å². The molecule has 0 radical (unpaired) electrons. The molecule has 1 saturated heterocycles. The van der Waals surface area contributed by atoms with E-state index in [1.54, 1.807) is 6.26 Å². The summed E-state index contributed by atoms with van der Waals surface area (Å²) in [4.78, 5) is 2.47. The van der Waals surface area contributed by atoms with E-state index in [1.165, 1.54) is 18.4 Å². The van der Waals surface area contributed by atoms with Gasteiger partial charge in [0, 0.05) is 13.1 Å². The first kappa shape index (κ1) is 17.0. The predicted molar refractivity (Wildman–Crippen MR) is 101 cm³/mol. The van der Waals surface area contributed by atoms with Crippen LogP contribution in [0.1, 0.15) is 30.2 Å². The maximum Gasteiger partial charge on any atom is 0.166 e. The quantitative estimate of drug-likeness (QED) is 0.756. The standard InChI is InChI=1S/C19H25N3OS/c24-19(20-11-10-16-7-2-1-3-8-16)21-15-17(18-9-6-14-23-18)22-12-4-5-13-22/h1-3,6-9,14,17H,4-5,10-13,15H2,(H2,20,21,24). The normalized spacial score (nSPS) is 16.0. The Kier molecular flexibility index (Phi) is 6.26. The number of benzene rings is 1. The van der Waals surface area contributed by atoms with Crippen LogP contribution in [0.4, 0.5) is 0 Å². The molecule has 4 nitrogen and oxygen atoms in total. The summed E-state index contributed by atoms with van der Waals surface area (Å²) < 4.78 is 5.63. The molecule has 1 aliphatic heterocycles. The average Bonchev–Trinajstić information content (AvgIpc) is 3.30. The molecule has 0 saturated carbocycles. The van der Waals surface area contributed by atoms with Crippen LogP contribution in [0, 0.1) is 0 Å². The van der Waals surface area contributed by atoms with Crippen LogP contribution in [-0.4, -0.2) is 36.2 Å². The van der Waals surface area contributed by atoms with Crippen LogP contribution in [0.25, 0.3) is 0 Å². The van der Waals surface area contributed by atoms with Crippen molar-refractivity contribution in [2.24, 2.45) is 0 Å². The molecule has 0 bridgehead atoms. The third-order valence-corrected chi connectivity index (χ3v) is 4.74. The highest BCUT2D eigenvalue weighted by molar-refractivity contribution is 7.80. The third kappa shape index (κ3) is 4.82. The first-order chi connectivity index (χ1) is 11.8. The Labute approximate surface area is 149 Å². The molecular formula is C19H25N3OS. The summed E-state index contributed by atoms with van der Waals surface area (Å²) in [6, 6.07) is 14.7. The summed E-state index contributed by atoms with van der Waals surface area (Å²) in [7, 11) is 0. The van der Waals surface area contributed by atoms with Gasteiger partial charge in [0.15, 0.2) is 5.11 Å². The lowest BCUT2D eigenvalue weighted by Crippen LogP contribution is -2.41. The average molecular weight is 343 g/mol. The lowest BCUT2D eigenvalue weighted by Gasteiger charge is -2.26. The Hall–Kier alpha value is -1.85. The minimum Gasteiger partial charge on any atom is -0.468 e. The summed E-state index contributed by atoms with van der Waals surface area (Å²) in [5, 5.41) is 7.36. The Bertz CT molecular complexity index is 609. The van der Waals surface area contributed by atoms with Crippen molar-refractivity contribution >= 4 is 17.3 Å². The third-order valence-electron chi connectivity index (χ3n) is 4.45. The Morgan fingerprint density at radius 2 is 1.88 bits per heavy atom. The Morgan fingerprint density at radius 3 is 2.58 bits per heavy atom. The van der Waals surface area contributed by atoms with Gasteiger partial charge in [0.05, 0.1) is 12.3 Å². The molecule has 2 heterocycles. The summed E-state index contributed by atoms with van der Waals surface area (Å²) in [5.74, 6) is 1.01. The number of thiocarbonyl (C=S) groups is 1. The smallest absolute Gasteiger partial charge is 0.166 e. The van der Waals surface area contributed by atoms with E-state index in [2.05, 4.69) is 45.9 Å². The molecule has 3 rings (SSSR count). The second-order valence-corrected chi connectivity index (χ2v) is 6.55. The fourth-order valence-electron chi connectivity index (χ4n) is 3.16. The maximum atomic E-state index is 5.63. The highest BCUT2D eigenvalue weighted by Crippen LogP contribution is 2.24. The van der Waals surface area contributed by atoms with Crippen LogP contribution in [0.3, 0.4) is 0 Å². The zero-order valence-corrected chi connectivity index (χ0v) is 14.7. The molecule has 1 unspecified atom stereocenters. The van der Waals surface area contributed by atoms with Gasteiger partial charge in [0.2, 0.25) is 0 Å². The Morgan fingerprint density at radius 1 is 1.08 bits per heavy atom. The second-order valence-electron chi connectivity index (χ2n) is 6.15. The zero-order chi connectivity index (χ0) is 16.6. The number of rotatable bonds is 7. The molecule has 0 aliphatic carbocycles. The lowest BCUT2D eigenvalue weighted by atomic mass is 10.1. The van der Waals surface area contributed by atoms with Crippen molar-refractivity contribution < 1.29 is 4.42 Å². The highest BCUT2D eigenvalue weighted by Gasteiger charge is 2.25. The topological polar surface area (TPSA) is 40.4 Å². The van der Waals surface area contributed by atoms with Crippen molar-refractivity contribution in [2.45, 2.75) is 25.3 Å². The van der Waals surface area contributed by atoms with Crippen LogP contribution >= 0.6 is 12.2 Å². The van der Waals surface area contributed by atoms with Crippen molar-refractivity contribution in [1.29, 1.82) is 0 Å². The van der Waals surface area contributed by atoms with Gasteiger partial charge in [-0.3, -0.25) is 4.90 Å². The van der Waals surface area contributed by atoms with E-state index in [0.29, 0.717) is 5.11 Å². The van der Waals surface area contributed by atoms with Crippen LogP contribution in [0.15, 0.2) is 53.1 Å². The largest absolute Gasteiger partial charge is 0.468 e. The molecule has 2 aromatic rings. The summed E-state index contributed by atoms with van der Waals surface area (Å²) in [6.45, 7) is 3.86. The monoisotopic (exact) mass is 343 g/mol. The summed E-state index contributed by atoms with van der Waals surface area (Å²) in [6.07, 6.45) is 5.24. The first-order valence-corrected chi connectivity index (χ1v) is 9.07. The van der Waals surface area contributed by atoms with Crippen LogP contribution in [-0.2, 0) is 6.42 Å². The minimum atomic E-state index is 0.247. The number of hydrogen-bond donors (Lipinski definition) is 2. The molecule has 5 heteroatoms. The van der Waals surface area contributed by atoms with Gasteiger partial charge >= 0.3 is 0 Å².